The molecule has 7 heteroatoms. The van der Waals surface area contributed by atoms with Crippen molar-refractivity contribution in [3.63, 3.8) is 0 Å². The van der Waals surface area contributed by atoms with Crippen LogP contribution in [-0.4, -0.2) is 26.3 Å². The van der Waals surface area contributed by atoms with Crippen LogP contribution in [0, 0.1) is 0 Å². The molecule has 0 aliphatic heterocycles. The van der Waals surface area contributed by atoms with Crippen LogP contribution in [0.2, 0.25) is 5.02 Å². The van der Waals surface area contributed by atoms with Gasteiger partial charge in [-0.05, 0) is 44.2 Å². The number of aromatic nitrogens is 2. The minimum atomic E-state index is -0.547. The number of carbonyl (C=O) groups excluding carboxylic acids is 1. The fourth-order valence-electron chi connectivity index (χ4n) is 2.18. The molecule has 0 radical (unpaired) electrons. The van der Waals surface area contributed by atoms with Crippen molar-refractivity contribution in [1.29, 1.82) is 0 Å². The number of aryl methyl sites for hydroxylation is 1. The Morgan fingerprint density at radius 2 is 1.77 bits per heavy atom. The largest absolute Gasteiger partial charge is 0.386 e. The van der Waals surface area contributed by atoms with Gasteiger partial charge in [0.2, 0.25) is 0 Å². The van der Waals surface area contributed by atoms with Crippen molar-refractivity contribution in [1.82, 2.24) is 9.78 Å². The van der Waals surface area contributed by atoms with E-state index < -0.39 is 10.7 Å². The molecule has 0 bridgehead atoms. The standard InChI is InChI=1S/C19H25ClN4OS/c1-18(2,3)15-11-14(24(6)23-15)16(25)22-17(21)19(4,5)26-13-9-7-12(20)8-10-13/h7-11H,1-6H3,(H2,21,22,25). The van der Waals surface area contributed by atoms with Crippen LogP contribution in [0.5, 0.6) is 0 Å². The maximum atomic E-state index is 12.6. The topological polar surface area (TPSA) is 73.3 Å². The van der Waals surface area contributed by atoms with E-state index >= 15 is 0 Å². The molecule has 1 amide bonds. The molecule has 2 aromatic rings. The van der Waals surface area contributed by atoms with Gasteiger partial charge in [0.25, 0.3) is 5.91 Å². The van der Waals surface area contributed by atoms with Gasteiger partial charge in [-0.1, -0.05) is 32.4 Å². The Morgan fingerprint density at radius 1 is 1.19 bits per heavy atom. The second-order valence-electron chi connectivity index (χ2n) is 7.66. The number of thioether (sulfide) groups is 1. The van der Waals surface area contributed by atoms with Crippen LogP contribution in [0.3, 0.4) is 0 Å². The summed E-state index contributed by atoms with van der Waals surface area (Å²) in [5.74, 6) is -0.126. The Morgan fingerprint density at radius 3 is 2.27 bits per heavy atom. The minimum Gasteiger partial charge on any atom is -0.386 e. The van der Waals surface area contributed by atoms with Crippen LogP contribution >= 0.6 is 23.4 Å². The number of hydrogen-bond donors (Lipinski definition) is 1. The van der Waals surface area contributed by atoms with Crippen LogP contribution in [0.25, 0.3) is 0 Å². The summed E-state index contributed by atoms with van der Waals surface area (Å²) in [6.07, 6.45) is 0. The highest BCUT2D eigenvalue weighted by Gasteiger charge is 2.27. The first-order chi connectivity index (χ1) is 11.9. The smallest absolute Gasteiger partial charge is 0.296 e. The lowest BCUT2D eigenvalue weighted by atomic mass is 9.92. The molecule has 1 aromatic carbocycles. The quantitative estimate of drug-likeness (QED) is 0.474. The van der Waals surface area contributed by atoms with Gasteiger partial charge in [-0.25, -0.2) is 0 Å². The zero-order valence-corrected chi connectivity index (χ0v) is 17.6. The molecule has 5 nitrogen and oxygen atoms in total. The molecule has 2 N–H and O–H groups in total. The van der Waals surface area contributed by atoms with Crippen molar-refractivity contribution in [3.05, 3.63) is 46.7 Å². The summed E-state index contributed by atoms with van der Waals surface area (Å²) in [6, 6.07) is 9.25. The van der Waals surface area contributed by atoms with Gasteiger partial charge < -0.3 is 5.73 Å². The van der Waals surface area contributed by atoms with E-state index in [-0.39, 0.29) is 11.3 Å². The van der Waals surface area contributed by atoms with Gasteiger partial charge in [-0.3, -0.25) is 9.48 Å². The zero-order valence-electron chi connectivity index (χ0n) is 16.0. The SMILES string of the molecule is Cn1nc(C(C)(C)C)cc1C(=O)N=C(N)C(C)(C)Sc1ccc(Cl)cc1. The van der Waals surface area contributed by atoms with Crippen molar-refractivity contribution >= 4 is 35.1 Å². The van der Waals surface area contributed by atoms with E-state index in [1.54, 1.807) is 17.8 Å². The summed E-state index contributed by atoms with van der Waals surface area (Å²) in [7, 11) is 1.74. The number of nitrogens with zero attached hydrogens (tertiary/aromatic N) is 3. The first-order valence-corrected chi connectivity index (χ1v) is 9.47. The van der Waals surface area contributed by atoms with Gasteiger partial charge >= 0.3 is 0 Å². The van der Waals surface area contributed by atoms with E-state index in [0.717, 1.165) is 10.6 Å². The molecular formula is C19H25ClN4OS. The molecule has 0 spiro atoms. The zero-order chi connectivity index (χ0) is 19.7. The van der Waals surface area contributed by atoms with E-state index in [1.165, 1.54) is 11.8 Å². The molecule has 2 rings (SSSR count). The second-order valence-corrected chi connectivity index (χ2v) is 9.79. The average molecular weight is 393 g/mol. The molecule has 140 valence electrons. The van der Waals surface area contributed by atoms with Gasteiger partial charge in [-0.15, -0.1) is 11.8 Å². The van der Waals surface area contributed by atoms with Gasteiger partial charge in [0.15, 0.2) is 0 Å². The molecule has 1 heterocycles. The maximum Gasteiger partial charge on any atom is 0.296 e. The summed E-state index contributed by atoms with van der Waals surface area (Å²) in [4.78, 5) is 17.7. The van der Waals surface area contributed by atoms with E-state index in [1.807, 2.05) is 58.9 Å². The molecular weight excluding hydrogens is 368 g/mol. The predicted molar refractivity (Wildman–Crippen MR) is 109 cm³/mol. The van der Waals surface area contributed by atoms with Crippen LogP contribution in [-0.2, 0) is 12.5 Å². The second kappa shape index (κ2) is 7.45. The first kappa shape index (κ1) is 20.5. The number of carbonyl (C=O) groups is 1. The number of aliphatic imine (C=N–C) groups is 1. The third-order valence-corrected chi connectivity index (χ3v) is 5.37. The highest BCUT2D eigenvalue weighted by Crippen LogP contribution is 2.33. The Kier molecular flexibility index (Phi) is 5.88. The summed E-state index contributed by atoms with van der Waals surface area (Å²) in [5, 5.41) is 5.09. The first-order valence-electron chi connectivity index (χ1n) is 8.28. The average Bonchev–Trinajstić information content (AvgIpc) is 2.91. The molecule has 0 aliphatic rings. The summed E-state index contributed by atoms with van der Waals surface area (Å²) < 4.78 is 1.01. The Labute approximate surface area is 164 Å². The molecule has 0 saturated heterocycles. The van der Waals surface area contributed by atoms with Crippen LogP contribution in [0.4, 0.5) is 0 Å². The Hall–Kier alpha value is -1.79. The highest BCUT2D eigenvalue weighted by atomic mass is 35.5. The number of halogens is 1. The molecule has 1 aromatic heterocycles. The van der Waals surface area contributed by atoms with Crippen LogP contribution in [0.1, 0.15) is 50.8 Å². The number of rotatable bonds is 4. The maximum absolute atomic E-state index is 12.6. The van der Waals surface area contributed by atoms with E-state index in [2.05, 4.69) is 10.1 Å². The lowest BCUT2D eigenvalue weighted by Crippen LogP contribution is -2.36. The third kappa shape index (κ3) is 4.89. The van der Waals surface area contributed by atoms with Crippen molar-refractivity contribution in [3.8, 4) is 0 Å². The summed E-state index contributed by atoms with van der Waals surface area (Å²) in [5.41, 5.74) is 7.28. The molecule has 0 aliphatic carbocycles. The number of hydrogen-bond acceptors (Lipinski definition) is 3. The van der Waals surface area contributed by atoms with Crippen molar-refractivity contribution in [2.45, 2.75) is 49.7 Å². The number of nitrogens with two attached hydrogens (primary N) is 1. The van der Waals surface area contributed by atoms with Crippen molar-refractivity contribution < 1.29 is 4.79 Å². The van der Waals surface area contributed by atoms with Crippen molar-refractivity contribution in [2.24, 2.45) is 17.8 Å². The molecule has 0 saturated carbocycles. The van der Waals surface area contributed by atoms with Crippen molar-refractivity contribution in [2.75, 3.05) is 0 Å². The monoisotopic (exact) mass is 392 g/mol. The Bertz CT molecular complexity index is 832. The van der Waals surface area contributed by atoms with Gasteiger partial charge in [0.05, 0.1) is 10.4 Å². The molecule has 0 atom stereocenters. The van der Waals surface area contributed by atoms with Gasteiger partial charge in [-0.2, -0.15) is 10.1 Å². The van der Waals surface area contributed by atoms with E-state index in [9.17, 15) is 4.79 Å². The lowest BCUT2D eigenvalue weighted by Gasteiger charge is -2.23. The van der Waals surface area contributed by atoms with Crippen LogP contribution in [0.15, 0.2) is 40.2 Å². The third-order valence-electron chi connectivity index (χ3n) is 3.89. The fourth-order valence-corrected chi connectivity index (χ4v) is 3.32. The molecule has 26 heavy (non-hydrogen) atoms. The molecule has 0 fully saturated rings. The number of benzene rings is 1. The summed E-state index contributed by atoms with van der Waals surface area (Å²) in [6.45, 7) is 10.0. The van der Waals surface area contributed by atoms with Gasteiger partial charge in [0, 0.05) is 22.4 Å². The minimum absolute atomic E-state index is 0.144. The summed E-state index contributed by atoms with van der Waals surface area (Å²) >= 11 is 7.44. The van der Waals surface area contributed by atoms with E-state index in [4.69, 9.17) is 17.3 Å². The molecule has 0 unspecified atom stereocenters. The number of amides is 1. The normalized spacial score (nSPS) is 13.1. The fraction of sp³-hybridized carbons (Fsp3) is 0.421. The highest BCUT2D eigenvalue weighted by molar-refractivity contribution is 8.01. The lowest BCUT2D eigenvalue weighted by molar-refractivity contribution is 0.0993. The van der Waals surface area contributed by atoms with E-state index in [0.29, 0.717) is 10.7 Å². The predicted octanol–water partition coefficient (Wildman–Crippen LogP) is 4.44. The van der Waals surface area contributed by atoms with Gasteiger partial charge in [0.1, 0.15) is 11.5 Å². The van der Waals surface area contributed by atoms with Crippen LogP contribution < -0.4 is 5.73 Å². The Balaban J connectivity index is 2.23. The number of amidine groups is 1.